The number of hydrogen-bond acceptors (Lipinski definition) is 7. The molecule has 3 fully saturated rings. The van der Waals surface area contributed by atoms with Crippen LogP contribution in [0.4, 0.5) is 24.8 Å². The summed E-state index contributed by atoms with van der Waals surface area (Å²) in [6.45, 7) is 8.37. The van der Waals surface area contributed by atoms with Crippen molar-refractivity contribution in [3.63, 3.8) is 0 Å². The highest BCUT2D eigenvalue weighted by atomic mass is 19.4. The Labute approximate surface area is 282 Å². The van der Waals surface area contributed by atoms with E-state index in [1.807, 2.05) is 6.92 Å². The average molecular weight is 673 g/mol. The summed E-state index contributed by atoms with van der Waals surface area (Å²) >= 11 is 0. The molecule has 1 aromatic carbocycles. The Kier molecular flexibility index (Phi) is 11.5. The molecule has 12 heteroatoms. The van der Waals surface area contributed by atoms with Gasteiger partial charge in [-0.05, 0) is 107 Å². The van der Waals surface area contributed by atoms with Gasteiger partial charge in [-0.15, -0.1) is 0 Å². The summed E-state index contributed by atoms with van der Waals surface area (Å²) in [4.78, 5) is 38.4. The second-order valence-electron chi connectivity index (χ2n) is 14.3. The van der Waals surface area contributed by atoms with E-state index < -0.39 is 11.7 Å². The molecule has 2 heterocycles. The maximum Gasteiger partial charge on any atom is 0.419 e. The van der Waals surface area contributed by atoms with Crippen LogP contribution < -0.4 is 15.4 Å². The number of rotatable bonds is 12. The number of methoxy groups -OCH3 is 1. The van der Waals surface area contributed by atoms with Gasteiger partial charge in [0.15, 0.2) is 0 Å². The van der Waals surface area contributed by atoms with Crippen LogP contribution in [0.2, 0.25) is 0 Å². The van der Waals surface area contributed by atoms with Crippen LogP contribution >= 0.6 is 0 Å². The lowest BCUT2D eigenvalue weighted by Crippen LogP contribution is -2.48. The fraction of sp³-hybridized carbons (Fsp3) is 0.667. The number of ether oxygens (including phenoxy) is 1. The molecule has 3 aliphatic rings. The van der Waals surface area contributed by atoms with Crippen molar-refractivity contribution in [3.8, 4) is 5.75 Å². The lowest BCUT2D eigenvalue weighted by molar-refractivity contribution is -0.139. The van der Waals surface area contributed by atoms with Gasteiger partial charge in [-0.25, -0.2) is 9.97 Å². The van der Waals surface area contributed by atoms with Crippen molar-refractivity contribution in [3.05, 3.63) is 41.2 Å². The molecule has 9 nitrogen and oxygen atoms in total. The minimum Gasteiger partial charge on any atom is -0.495 e. The molecule has 5 rings (SSSR count). The van der Waals surface area contributed by atoms with Crippen LogP contribution in [-0.4, -0.2) is 77.5 Å². The minimum atomic E-state index is -4.61. The van der Waals surface area contributed by atoms with Crippen LogP contribution in [-0.2, 0) is 17.4 Å². The number of nitrogens with one attached hydrogen (secondary N) is 2. The van der Waals surface area contributed by atoms with E-state index >= 15 is 0 Å². The Morgan fingerprint density at radius 3 is 2.44 bits per heavy atom. The van der Waals surface area contributed by atoms with Crippen molar-refractivity contribution in [2.24, 2.45) is 23.7 Å². The van der Waals surface area contributed by atoms with Crippen LogP contribution in [0.1, 0.15) is 93.8 Å². The number of benzene rings is 1. The lowest BCUT2D eigenvalue weighted by Gasteiger charge is -2.44. The highest BCUT2D eigenvalue weighted by Crippen LogP contribution is 2.41. The summed E-state index contributed by atoms with van der Waals surface area (Å²) < 4.78 is 48.2. The number of aromatic nitrogens is 2. The van der Waals surface area contributed by atoms with Gasteiger partial charge in [0, 0.05) is 37.3 Å². The predicted octanol–water partition coefficient (Wildman–Crippen LogP) is 6.70. The molecule has 4 unspecified atom stereocenters. The number of alkyl halides is 3. The van der Waals surface area contributed by atoms with Crippen molar-refractivity contribution >= 4 is 23.5 Å². The molecule has 2 N–H and O–H groups in total. The number of anilines is 2. The number of amides is 2. The maximum atomic E-state index is 14.2. The maximum absolute atomic E-state index is 14.2. The van der Waals surface area contributed by atoms with E-state index in [4.69, 9.17) is 4.74 Å². The molecule has 0 radical (unpaired) electrons. The number of likely N-dealkylation sites (tertiary alicyclic amines) is 1. The first-order chi connectivity index (χ1) is 22.8. The molecule has 0 bridgehead atoms. The first-order valence-electron chi connectivity index (χ1n) is 17.5. The van der Waals surface area contributed by atoms with Gasteiger partial charge in [-0.2, -0.15) is 13.2 Å². The van der Waals surface area contributed by atoms with Crippen LogP contribution in [0, 0.1) is 23.7 Å². The van der Waals surface area contributed by atoms with E-state index in [9.17, 15) is 22.8 Å². The first-order valence-corrected chi connectivity index (χ1v) is 17.5. The molecule has 2 amide bonds. The van der Waals surface area contributed by atoms with E-state index in [1.54, 1.807) is 25.1 Å². The molecule has 2 saturated carbocycles. The fourth-order valence-corrected chi connectivity index (χ4v) is 7.48. The fourth-order valence-electron chi connectivity index (χ4n) is 7.48. The third kappa shape index (κ3) is 8.98. The minimum absolute atomic E-state index is 0.0161. The van der Waals surface area contributed by atoms with E-state index in [0.717, 1.165) is 77.2 Å². The number of hydrogen-bond donors (Lipinski definition) is 2. The molecule has 1 aromatic heterocycles. The topological polar surface area (TPSA) is 99.7 Å². The van der Waals surface area contributed by atoms with Crippen LogP contribution in [0.25, 0.3) is 0 Å². The number of piperidine rings is 1. The molecule has 4 atom stereocenters. The average Bonchev–Trinajstić information content (AvgIpc) is 3.88. The number of carbonyl (C=O) groups excluding carboxylic acids is 2. The molecular formula is C36H51F3N6O3. The van der Waals surface area contributed by atoms with Gasteiger partial charge in [0.1, 0.15) is 5.75 Å². The van der Waals surface area contributed by atoms with E-state index in [-0.39, 0.29) is 59.7 Å². The molecule has 2 aromatic rings. The Morgan fingerprint density at radius 2 is 1.79 bits per heavy atom. The predicted molar refractivity (Wildman–Crippen MR) is 179 cm³/mol. The monoisotopic (exact) mass is 672 g/mol. The standard InChI is InChI=1S/C36H51F3N6O3/c1-22(23(2)28-8-6-7-9-32(28)45(24(3)46)21-25-10-11-25)18-31-29(36(37,38)39)20-40-35(43-31)42-30-13-12-26(19-33(30)48-5)34(47)41-27-14-16-44(4)17-15-27/h12-13,19-20,22-23,25,27-28,32H,6-11,14-18,21H2,1-5H3,(H,41,47)(H,40,42,43). The van der Waals surface area contributed by atoms with Gasteiger partial charge in [-0.1, -0.05) is 26.7 Å². The lowest BCUT2D eigenvalue weighted by atomic mass is 9.71. The van der Waals surface area contributed by atoms with Crippen LogP contribution in [0.15, 0.2) is 24.4 Å². The summed E-state index contributed by atoms with van der Waals surface area (Å²) in [5.74, 6) is 0.995. The third-order valence-electron chi connectivity index (χ3n) is 10.8. The highest BCUT2D eigenvalue weighted by Gasteiger charge is 2.40. The smallest absolute Gasteiger partial charge is 0.419 e. The Morgan fingerprint density at radius 1 is 1.08 bits per heavy atom. The van der Waals surface area contributed by atoms with Crippen LogP contribution in [0.3, 0.4) is 0 Å². The molecule has 2 aliphatic carbocycles. The summed E-state index contributed by atoms with van der Waals surface area (Å²) in [5.41, 5.74) is -0.0550. The number of nitrogens with zero attached hydrogens (tertiary/aromatic N) is 4. The zero-order valence-corrected chi connectivity index (χ0v) is 28.9. The largest absolute Gasteiger partial charge is 0.495 e. The summed E-state index contributed by atoms with van der Waals surface area (Å²) in [6.07, 6.45) is 4.42. The highest BCUT2D eigenvalue weighted by molar-refractivity contribution is 5.95. The third-order valence-corrected chi connectivity index (χ3v) is 10.8. The Hall–Kier alpha value is -3.41. The second-order valence-corrected chi connectivity index (χ2v) is 14.3. The number of carbonyl (C=O) groups is 2. The molecule has 1 aliphatic heterocycles. The Balaban J connectivity index is 1.32. The summed E-state index contributed by atoms with van der Waals surface area (Å²) in [5, 5.41) is 6.11. The summed E-state index contributed by atoms with van der Waals surface area (Å²) in [7, 11) is 3.53. The van der Waals surface area contributed by atoms with Gasteiger partial charge < -0.3 is 25.2 Å². The molecule has 48 heavy (non-hydrogen) atoms. The zero-order valence-electron chi connectivity index (χ0n) is 28.9. The zero-order chi connectivity index (χ0) is 34.6. The summed E-state index contributed by atoms with van der Waals surface area (Å²) in [6, 6.07) is 5.12. The van der Waals surface area contributed by atoms with Gasteiger partial charge in [0.2, 0.25) is 11.9 Å². The normalized spacial score (nSPS) is 22.1. The Bertz CT molecular complexity index is 1430. The molecular weight excluding hydrogens is 621 g/mol. The first kappa shape index (κ1) is 35.9. The van der Waals surface area contributed by atoms with Crippen molar-refractivity contribution in [1.82, 2.24) is 25.1 Å². The van der Waals surface area contributed by atoms with Crippen molar-refractivity contribution in [1.29, 1.82) is 0 Å². The van der Waals surface area contributed by atoms with E-state index in [0.29, 0.717) is 22.9 Å². The molecule has 0 spiro atoms. The van der Waals surface area contributed by atoms with Gasteiger partial charge in [-0.3, -0.25) is 9.59 Å². The molecule has 1 saturated heterocycles. The van der Waals surface area contributed by atoms with Crippen LogP contribution in [0.5, 0.6) is 5.75 Å². The van der Waals surface area contributed by atoms with Gasteiger partial charge in [0.05, 0.1) is 24.1 Å². The van der Waals surface area contributed by atoms with Crippen molar-refractivity contribution < 1.29 is 27.5 Å². The van der Waals surface area contributed by atoms with Gasteiger partial charge in [0.25, 0.3) is 5.91 Å². The van der Waals surface area contributed by atoms with Crippen molar-refractivity contribution in [2.75, 3.05) is 39.1 Å². The second kappa shape index (κ2) is 15.4. The molecule has 264 valence electrons. The van der Waals surface area contributed by atoms with Crippen molar-refractivity contribution in [2.45, 2.75) is 96.8 Å². The van der Waals surface area contributed by atoms with E-state index in [2.05, 4.69) is 44.4 Å². The number of halogens is 3. The van der Waals surface area contributed by atoms with E-state index in [1.165, 1.54) is 7.11 Å². The quantitative estimate of drug-likeness (QED) is 0.259. The van der Waals surface area contributed by atoms with Gasteiger partial charge >= 0.3 is 6.18 Å². The SMILES string of the molecule is COc1cc(C(=O)NC2CCN(C)CC2)ccc1Nc1ncc(C(F)(F)F)c(CC(C)C(C)C2CCCCC2N(CC2CC2)C(C)=O)n1.